The lowest BCUT2D eigenvalue weighted by Gasteiger charge is -2.57. The molecule has 0 unspecified atom stereocenters. The molecular weight excluding hydrogens is 1330 g/mol. The molecule has 0 saturated heterocycles. The summed E-state index contributed by atoms with van der Waals surface area (Å²) in [5.74, 6) is 6.03. The topological polar surface area (TPSA) is 182 Å². The number of hydrogen-bond acceptors (Lipinski definition) is 12. The molecule has 12 heteroatoms. The zero-order chi connectivity index (χ0) is 72.0. The zero-order valence-corrected chi connectivity index (χ0v) is 60.8. The van der Waals surface area contributed by atoms with Crippen LogP contribution in [0.2, 0.25) is 0 Å². The van der Waals surface area contributed by atoms with E-state index >= 15 is 14.4 Å². The lowest BCUT2D eigenvalue weighted by molar-refractivity contribution is -0.210. The monoisotopic (exact) mass is 1420 g/mol. The van der Waals surface area contributed by atoms with Gasteiger partial charge in [0.05, 0.1) is 25.4 Å². The Morgan fingerprint density at radius 1 is 0.776 bits per heavy atom. The molecule has 21 aliphatic rings. The molecule has 18 aliphatic carbocycles. The summed E-state index contributed by atoms with van der Waals surface area (Å²) in [5.41, 5.74) is 15.7. The molecule has 6 aromatic carbocycles. The van der Waals surface area contributed by atoms with Crippen molar-refractivity contribution in [3.8, 4) is 17.6 Å². The second kappa shape index (κ2) is 24.9. The molecule has 3 aliphatic heterocycles. The standard InChI is InChI=1S/C95H92O12/c1-52(48-97)73-45-75-70-29-22-58-42-74(70)62-43-80(75)93-35-6-11-63(93)25-20-59-40-56-8-2-3-12-69(56)76-46-82-92(47-62,86(59)76)34-7-36-94(82)89(106-90(73)101)88(85-81(107-94)32-31-72-77(49-98)84(91(102)105-87(72)85)60(33-37-96)50-103-51-99)104-83(100)44-61-41-57(21-28-67(58)61)68-13-5-14-78-71(68)30-27-66-10-4-9-65-26-19-55-18-15-54(39-79(55)95(65,66)78)38-53-16-23-64(93)24-17-53/h2-3,5,7-8,12-19,21-24,26,28-29,31-32,34,39-40,42,57,60-63,65-67,75-76,80,82,86,88-89,96-99H,4,6,9-11,27,30,33,35-38,41,43-51H2,1H3/t57-,60+,61-,62-,63-,65+,66-,67+,75+,76+,80+,82-,86-,88+,89-,92+,93-,94-,95-/m0/s1. The van der Waals surface area contributed by atoms with Gasteiger partial charge in [-0.2, -0.15) is 0 Å². The molecule has 1 aromatic heterocycles. The van der Waals surface area contributed by atoms with Crippen LogP contribution < -0.4 is 10.4 Å². The highest BCUT2D eigenvalue weighted by Crippen LogP contribution is 2.73. The number of aliphatic hydroxyl groups is 4. The zero-order valence-electron chi connectivity index (χ0n) is 60.8. The fourth-order valence-corrected chi connectivity index (χ4v) is 26.3. The minimum absolute atomic E-state index is 0.00601. The minimum atomic E-state index is -1.47. The van der Waals surface area contributed by atoms with Gasteiger partial charge in [-0.15, -0.1) is 0 Å². The van der Waals surface area contributed by atoms with Gasteiger partial charge in [-0.3, -0.25) is 4.79 Å². The van der Waals surface area contributed by atoms with Gasteiger partial charge < -0.3 is 43.8 Å². The molecule has 3 fully saturated rings. The van der Waals surface area contributed by atoms with Crippen LogP contribution in [-0.2, 0) is 54.1 Å². The lowest BCUT2D eigenvalue weighted by atomic mass is 9.48. The third kappa shape index (κ3) is 9.49. The molecule has 3 saturated carbocycles. The summed E-state index contributed by atoms with van der Waals surface area (Å²) in [6.45, 7) is -0.283. The van der Waals surface area contributed by atoms with Crippen molar-refractivity contribution in [3.63, 3.8) is 0 Å². The van der Waals surface area contributed by atoms with Gasteiger partial charge in [0.15, 0.2) is 17.8 Å². The van der Waals surface area contributed by atoms with Gasteiger partial charge in [-0.25, -0.2) is 9.59 Å². The van der Waals surface area contributed by atoms with Crippen molar-refractivity contribution in [1.29, 1.82) is 0 Å². The van der Waals surface area contributed by atoms with Crippen molar-refractivity contribution in [2.24, 2.45) is 46.8 Å². The molecule has 28 rings (SSSR count). The molecular formula is C95H92O12. The maximum absolute atomic E-state index is 17.1. The number of allylic oxidation sites excluding steroid dienone is 5. The number of aliphatic hydroxyl groups excluding tert-OH is 4. The van der Waals surface area contributed by atoms with Gasteiger partial charge >= 0.3 is 17.6 Å². The minimum Gasteiger partial charge on any atom is -0.482 e. The maximum Gasteiger partial charge on any atom is 0.340 e. The molecule has 19 atom stereocenters. The van der Waals surface area contributed by atoms with Crippen molar-refractivity contribution < 1.29 is 53.4 Å². The third-order valence-electron chi connectivity index (χ3n) is 30.4. The average Bonchev–Trinajstić information content (AvgIpc) is 1.58. The molecule has 7 aromatic rings. The number of rotatable bonds is 8. The van der Waals surface area contributed by atoms with Crippen LogP contribution in [0.4, 0.5) is 0 Å². The van der Waals surface area contributed by atoms with Crippen molar-refractivity contribution in [3.05, 3.63) is 262 Å². The highest BCUT2D eigenvalue weighted by atomic mass is 16.6. The Morgan fingerprint density at radius 3 is 2.52 bits per heavy atom. The molecule has 22 bridgehead atoms. The molecule has 4 heterocycles. The van der Waals surface area contributed by atoms with Crippen molar-refractivity contribution in [2.45, 2.75) is 187 Å². The number of ether oxygens (including phenoxy) is 4. The van der Waals surface area contributed by atoms with E-state index < -0.39 is 78.0 Å². The van der Waals surface area contributed by atoms with E-state index in [2.05, 4.69) is 158 Å². The predicted molar refractivity (Wildman–Crippen MR) is 407 cm³/mol. The highest BCUT2D eigenvalue weighted by molar-refractivity contribution is 5.91. The van der Waals surface area contributed by atoms with Gasteiger partial charge in [0, 0.05) is 93.3 Å². The van der Waals surface area contributed by atoms with Crippen LogP contribution in [-0.4, -0.2) is 70.7 Å². The summed E-state index contributed by atoms with van der Waals surface area (Å²) in [6.07, 6.45) is 26.8. The van der Waals surface area contributed by atoms with Crippen molar-refractivity contribution in [2.75, 3.05) is 26.6 Å². The highest BCUT2D eigenvalue weighted by Gasteiger charge is 2.71. The Kier molecular flexibility index (Phi) is 15.5. The summed E-state index contributed by atoms with van der Waals surface area (Å²) in [4.78, 5) is 49.0. The van der Waals surface area contributed by atoms with Gasteiger partial charge in [0.1, 0.15) is 18.1 Å². The number of carbonyl (C=O) groups is 2. The number of esters is 2. The van der Waals surface area contributed by atoms with E-state index in [9.17, 15) is 20.4 Å². The molecule has 107 heavy (non-hydrogen) atoms. The van der Waals surface area contributed by atoms with E-state index in [1.54, 1.807) is 6.07 Å². The van der Waals surface area contributed by atoms with Gasteiger partial charge in [0.2, 0.25) is 0 Å². The average molecular weight is 1430 g/mol. The summed E-state index contributed by atoms with van der Waals surface area (Å²) in [7, 11) is 0. The fraction of sp³-hybridized carbons (Fsp3) is 0.442. The lowest BCUT2D eigenvalue weighted by Crippen LogP contribution is -2.64. The molecule has 4 N–H and O–H groups in total. The first-order valence-corrected chi connectivity index (χ1v) is 40.1. The van der Waals surface area contributed by atoms with Gasteiger partial charge in [0.25, 0.3) is 0 Å². The Labute approximate surface area is 624 Å². The fourth-order valence-electron chi connectivity index (χ4n) is 26.3. The number of benzene rings is 6. The Bertz CT molecular complexity index is 5230. The Balaban J connectivity index is 0.869. The van der Waals surface area contributed by atoms with Crippen LogP contribution in [0, 0.1) is 58.7 Å². The van der Waals surface area contributed by atoms with Crippen molar-refractivity contribution >= 4 is 35.1 Å². The van der Waals surface area contributed by atoms with Crippen LogP contribution in [0.1, 0.15) is 234 Å². The van der Waals surface area contributed by atoms with Crippen LogP contribution in [0.3, 0.4) is 0 Å². The van der Waals surface area contributed by atoms with E-state index in [0.29, 0.717) is 53.4 Å². The smallest absolute Gasteiger partial charge is 0.340 e. The Hall–Kier alpha value is -8.67. The Morgan fingerprint density at radius 2 is 1.65 bits per heavy atom. The molecule has 4 spiro atoms. The number of carbonyl (C=O) groups excluding carboxylic acids is 2. The SMILES string of the molecule is CC(CO)=C1C[C@@H]2c3ccc4cc3[C@H]3C[C@H]2[C@@]25CCC[C@H]2C#CC2=Cc6ccccc6[C@H]6C[C@H]7[C@@](C=CC[C@]78Oc7ccc9c(CO)c([C@H](CCO)COCO)c(=O)oc9c7[C@@H](OC(=O)C[C@@H]7C[C@H](C=C[C@H]47)c4cccc7c4CC[C@@H]4CCC[C@@H]9C=Cc%10ccc(cc%10[C@]749)Cc4ccc5cc4)[C@@H]8OC1=O)(C3)[C@@H]26. The maximum atomic E-state index is 17.1. The second-order valence-corrected chi connectivity index (χ2v) is 34.6. The first kappa shape index (κ1) is 66.5. The molecule has 0 radical (unpaired) electrons. The largest absolute Gasteiger partial charge is 0.482 e. The van der Waals surface area contributed by atoms with Crippen molar-refractivity contribution in [1.82, 2.24) is 0 Å². The first-order valence-electron chi connectivity index (χ1n) is 40.1. The quantitative estimate of drug-likeness (QED) is 0.0283. The van der Waals surface area contributed by atoms with E-state index in [0.717, 1.165) is 68.1 Å². The molecule has 544 valence electrons. The van der Waals surface area contributed by atoms with Gasteiger partial charge in [-0.1, -0.05) is 164 Å². The summed E-state index contributed by atoms with van der Waals surface area (Å²) in [5, 5.41) is 44.2. The molecule has 0 amide bonds. The van der Waals surface area contributed by atoms with Crippen LogP contribution in [0.15, 0.2) is 172 Å². The van der Waals surface area contributed by atoms with Crippen LogP contribution in [0.25, 0.3) is 23.1 Å². The predicted octanol–water partition coefficient (Wildman–Crippen LogP) is 16.3. The van der Waals surface area contributed by atoms with E-state index in [-0.39, 0.29) is 120 Å². The van der Waals surface area contributed by atoms with E-state index in [1.807, 2.05) is 13.0 Å². The summed E-state index contributed by atoms with van der Waals surface area (Å²) in [6, 6.07) is 44.2. The van der Waals surface area contributed by atoms with Crippen LogP contribution >= 0.6 is 0 Å². The van der Waals surface area contributed by atoms with Gasteiger partial charge in [-0.05, 0) is 233 Å². The number of fused-ring (bicyclic) bond motifs is 6. The summed E-state index contributed by atoms with van der Waals surface area (Å²) >= 11 is 0. The first-order chi connectivity index (χ1) is 52.4. The summed E-state index contributed by atoms with van der Waals surface area (Å²) < 4.78 is 35.6. The molecule has 12 nitrogen and oxygen atoms in total. The van der Waals surface area contributed by atoms with E-state index in [1.165, 1.54) is 74.0 Å². The third-order valence-corrected chi connectivity index (χ3v) is 30.4. The normalized spacial score (nSPS) is 34.9. The second-order valence-electron chi connectivity index (χ2n) is 34.6. The van der Waals surface area contributed by atoms with Crippen LogP contribution in [0.5, 0.6) is 5.75 Å². The van der Waals surface area contributed by atoms with E-state index in [4.69, 9.17) is 23.4 Å². The number of hydrogen-bond donors (Lipinski definition) is 4.